The molecular weight excluding hydrogens is 258 g/mol. The van der Waals surface area contributed by atoms with Gasteiger partial charge < -0.3 is 10.6 Å². The number of hydrogen-bond acceptors (Lipinski definition) is 3. The fourth-order valence-corrected chi connectivity index (χ4v) is 2.61. The van der Waals surface area contributed by atoms with E-state index < -0.39 is 0 Å². The van der Waals surface area contributed by atoms with Crippen LogP contribution in [-0.2, 0) is 6.54 Å². The average Bonchev–Trinajstić information content (AvgIpc) is 2.54. The molecule has 3 rings (SSSR count). The average molecular weight is 277 g/mol. The van der Waals surface area contributed by atoms with Crippen LogP contribution in [0.25, 0.3) is 10.8 Å². The highest BCUT2D eigenvalue weighted by Crippen LogP contribution is 2.28. The predicted octanol–water partition coefficient (Wildman–Crippen LogP) is 3.84. The van der Waals surface area contributed by atoms with Gasteiger partial charge in [-0.3, -0.25) is 4.98 Å². The number of nitrogen functional groups attached to an aromatic ring is 1. The van der Waals surface area contributed by atoms with Gasteiger partial charge in [0, 0.05) is 23.8 Å². The molecule has 0 saturated heterocycles. The Morgan fingerprint density at radius 2 is 1.81 bits per heavy atom. The van der Waals surface area contributed by atoms with Crippen LogP contribution in [0.1, 0.15) is 12.6 Å². The molecule has 3 aromatic rings. The highest BCUT2D eigenvalue weighted by Gasteiger charge is 2.11. The maximum atomic E-state index is 6.03. The number of benzene rings is 2. The molecule has 0 saturated carbocycles. The fourth-order valence-electron chi connectivity index (χ4n) is 2.61. The molecule has 3 heteroatoms. The quantitative estimate of drug-likeness (QED) is 0.787. The third kappa shape index (κ3) is 2.68. The zero-order chi connectivity index (χ0) is 14.7. The van der Waals surface area contributed by atoms with Crippen LogP contribution in [0, 0.1) is 0 Å². The molecule has 0 radical (unpaired) electrons. The lowest BCUT2D eigenvalue weighted by atomic mass is 10.1. The minimum Gasteiger partial charge on any atom is -0.397 e. The highest BCUT2D eigenvalue weighted by atomic mass is 15.1. The number of pyridine rings is 1. The molecule has 0 fully saturated rings. The van der Waals surface area contributed by atoms with Gasteiger partial charge in [-0.1, -0.05) is 36.4 Å². The summed E-state index contributed by atoms with van der Waals surface area (Å²) < 4.78 is 0. The number of rotatable bonds is 4. The number of nitrogens with zero attached hydrogens (tertiary/aromatic N) is 2. The molecule has 0 bridgehead atoms. The summed E-state index contributed by atoms with van der Waals surface area (Å²) in [6, 6.07) is 18.6. The second-order valence-electron chi connectivity index (χ2n) is 5.05. The molecule has 1 aromatic heterocycles. The van der Waals surface area contributed by atoms with Crippen molar-refractivity contribution in [2.75, 3.05) is 17.2 Å². The van der Waals surface area contributed by atoms with E-state index in [1.165, 1.54) is 16.5 Å². The van der Waals surface area contributed by atoms with E-state index in [0.717, 1.165) is 24.5 Å². The Morgan fingerprint density at radius 3 is 2.62 bits per heavy atom. The monoisotopic (exact) mass is 277 g/mol. The van der Waals surface area contributed by atoms with E-state index in [-0.39, 0.29) is 0 Å². The van der Waals surface area contributed by atoms with Crippen LogP contribution >= 0.6 is 0 Å². The number of nitrogens with two attached hydrogens (primary N) is 1. The third-order valence-electron chi connectivity index (χ3n) is 3.76. The lowest BCUT2D eigenvalue weighted by Crippen LogP contribution is -2.23. The minimum atomic E-state index is 0.719. The number of aromatic nitrogens is 1. The van der Waals surface area contributed by atoms with Crippen molar-refractivity contribution < 1.29 is 0 Å². The molecule has 2 aromatic carbocycles. The largest absolute Gasteiger partial charge is 0.397 e. The van der Waals surface area contributed by atoms with Crippen LogP contribution in [0.2, 0.25) is 0 Å². The summed E-state index contributed by atoms with van der Waals surface area (Å²) in [4.78, 5) is 6.71. The van der Waals surface area contributed by atoms with Crippen molar-refractivity contribution in [3.63, 3.8) is 0 Å². The van der Waals surface area contributed by atoms with Crippen molar-refractivity contribution >= 4 is 22.1 Å². The third-order valence-corrected chi connectivity index (χ3v) is 3.76. The van der Waals surface area contributed by atoms with Gasteiger partial charge in [0.15, 0.2) is 0 Å². The van der Waals surface area contributed by atoms with E-state index >= 15 is 0 Å². The Labute approximate surface area is 125 Å². The molecule has 0 atom stereocenters. The fraction of sp³-hybridized carbons (Fsp3) is 0.167. The normalized spacial score (nSPS) is 10.7. The maximum Gasteiger partial charge on any atom is 0.0825 e. The van der Waals surface area contributed by atoms with Crippen molar-refractivity contribution in [1.29, 1.82) is 0 Å². The van der Waals surface area contributed by atoms with E-state index in [2.05, 4.69) is 59.3 Å². The van der Waals surface area contributed by atoms with Gasteiger partial charge in [-0.15, -0.1) is 0 Å². The maximum absolute atomic E-state index is 6.03. The molecule has 3 nitrogen and oxygen atoms in total. The van der Waals surface area contributed by atoms with E-state index in [0.29, 0.717) is 0 Å². The first-order valence-corrected chi connectivity index (χ1v) is 7.21. The standard InChI is InChI=1S/C18H19N3/c1-2-21(13-17-16(19)10-6-12-20-17)18-11-5-8-14-7-3-4-9-15(14)18/h3-12H,2,13,19H2,1H3. The summed E-state index contributed by atoms with van der Waals surface area (Å²) in [5, 5.41) is 2.51. The van der Waals surface area contributed by atoms with Crippen LogP contribution in [-0.4, -0.2) is 11.5 Å². The van der Waals surface area contributed by atoms with Crippen LogP contribution in [0.5, 0.6) is 0 Å². The van der Waals surface area contributed by atoms with Gasteiger partial charge in [-0.25, -0.2) is 0 Å². The number of anilines is 2. The molecule has 2 N–H and O–H groups in total. The zero-order valence-corrected chi connectivity index (χ0v) is 12.2. The summed E-state index contributed by atoms with van der Waals surface area (Å²) in [6.07, 6.45) is 1.79. The second kappa shape index (κ2) is 5.83. The summed E-state index contributed by atoms with van der Waals surface area (Å²) in [7, 11) is 0. The highest BCUT2D eigenvalue weighted by molar-refractivity contribution is 5.94. The Kier molecular flexibility index (Phi) is 3.73. The van der Waals surface area contributed by atoms with Gasteiger partial charge >= 0.3 is 0 Å². The Balaban J connectivity index is 2.01. The van der Waals surface area contributed by atoms with Crippen molar-refractivity contribution in [2.45, 2.75) is 13.5 Å². The van der Waals surface area contributed by atoms with Crippen LogP contribution in [0.15, 0.2) is 60.8 Å². The predicted molar refractivity (Wildman–Crippen MR) is 89.3 cm³/mol. The first-order valence-electron chi connectivity index (χ1n) is 7.21. The second-order valence-corrected chi connectivity index (χ2v) is 5.05. The summed E-state index contributed by atoms with van der Waals surface area (Å²) in [5.74, 6) is 0. The van der Waals surface area contributed by atoms with E-state index in [4.69, 9.17) is 5.73 Å². The zero-order valence-electron chi connectivity index (χ0n) is 12.2. The van der Waals surface area contributed by atoms with E-state index in [9.17, 15) is 0 Å². The lowest BCUT2D eigenvalue weighted by molar-refractivity contribution is 0.815. The molecule has 0 aliphatic carbocycles. The smallest absolute Gasteiger partial charge is 0.0825 e. The van der Waals surface area contributed by atoms with Gasteiger partial charge in [-0.05, 0) is 30.5 Å². The Morgan fingerprint density at radius 1 is 1.00 bits per heavy atom. The molecule has 106 valence electrons. The molecule has 0 amide bonds. The van der Waals surface area contributed by atoms with E-state index in [1.54, 1.807) is 6.20 Å². The SMILES string of the molecule is CCN(Cc1ncccc1N)c1cccc2ccccc12. The summed E-state index contributed by atoms with van der Waals surface area (Å²) >= 11 is 0. The summed E-state index contributed by atoms with van der Waals surface area (Å²) in [5.41, 5.74) is 8.92. The molecule has 0 aliphatic heterocycles. The molecule has 0 aliphatic rings. The molecule has 21 heavy (non-hydrogen) atoms. The molecule has 0 spiro atoms. The van der Waals surface area contributed by atoms with Crippen LogP contribution in [0.4, 0.5) is 11.4 Å². The van der Waals surface area contributed by atoms with Crippen molar-refractivity contribution in [3.8, 4) is 0 Å². The van der Waals surface area contributed by atoms with Gasteiger partial charge in [0.2, 0.25) is 0 Å². The Hall–Kier alpha value is -2.55. The van der Waals surface area contributed by atoms with Crippen LogP contribution in [0.3, 0.4) is 0 Å². The number of hydrogen-bond donors (Lipinski definition) is 1. The van der Waals surface area contributed by atoms with Crippen molar-refractivity contribution in [3.05, 3.63) is 66.5 Å². The molecular formula is C18H19N3. The first-order chi connectivity index (χ1) is 10.3. The first kappa shape index (κ1) is 13.4. The molecule has 1 heterocycles. The van der Waals surface area contributed by atoms with Gasteiger partial charge in [0.1, 0.15) is 0 Å². The topological polar surface area (TPSA) is 42.2 Å². The van der Waals surface area contributed by atoms with E-state index in [1.807, 2.05) is 12.1 Å². The van der Waals surface area contributed by atoms with Crippen LogP contribution < -0.4 is 10.6 Å². The molecule has 0 unspecified atom stereocenters. The van der Waals surface area contributed by atoms with Crippen molar-refractivity contribution in [2.24, 2.45) is 0 Å². The van der Waals surface area contributed by atoms with Gasteiger partial charge in [0.25, 0.3) is 0 Å². The van der Waals surface area contributed by atoms with Gasteiger partial charge in [0.05, 0.1) is 17.9 Å². The number of fused-ring (bicyclic) bond motifs is 1. The lowest BCUT2D eigenvalue weighted by Gasteiger charge is -2.25. The van der Waals surface area contributed by atoms with Gasteiger partial charge in [-0.2, -0.15) is 0 Å². The minimum absolute atomic E-state index is 0.719. The summed E-state index contributed by atoms with van der Waals surface area (Å²) in [6.45, 7) is 3.78. The van der Waals surface area contributed by atoms with Crippen molar-refractivity contribution in [1.82, 2.24) is 4.98 Å². The Bertz CT molecular complexity index is 747.